The highest BCUT2D eigenvalue weighted by atomic mass is 16.4. The van der Waals surface area contributed by atoms with Crippen LogP contribution >= 0.6 is 0 Å². The molecule has 1 atom stereocenters. The van der Waals surface area contributed by atoms with Crippen LogP contribution in [0.2, 0.25) is 0 Å². The number of nitrogens with zero attached hydrogens (tertiary/aromatic N) is 2. The van der Waals surface area contributed by atoms with E-state index in [1.165, 1.54) is 4.90 Å². The number of carboxylic acid groups (broad SMARTS) is 1. The molecule has 114 valence electrons. The van der Waals surface area contributed by atoms with Gasteiger partial charge in [0.1, 0.15) is 5.54 Å². The van der Waals surface area contributed by atoms with Crippen molar-refractivity contribution in [3.8, 4) is 0 Å². The number of carbonyl (C=O) groups excluding carboxylic acids is 1. The van der Waals surface area contributed by atoms with Gasteiger partial charge < -0.3 is 10.0 Å². The predicted octanol–water partition coefficient (Wildman–Crippen LogP) is 2.96. The molecule has 1 unspecified atom stereocenters. The van der Waals surface area contributed by atoms with E-state index >= 15 is 0 Å². The number of benzene rings is 1. The number of carboxylic acids is 1. The standard InChI is InChI=1S/C16H22N2O3/c1-3-16(14(19)20)11-8-12-18(16)15(21)17(4-2)13-9-6-5-7-10-13/h5-7,9-10H,3-4,8,11-12H2,1-2H3,(H,19,20). The van der Waals surface area contributed by atoms with Crippen molar-refractivity contribution in [3.05, 3.63) is 30.3 Å². The van der Waals surface area contributed by atoms with Gasteiger partial charge in [0.25, 0.3) is 0 Å². The van der Waals surface area contributed by atoms with Gasteiger partial charge in [0, 0.05) is 18.8 Å². The molecular weight excluding hydrogens is 268 g/mol. The molecule has 1 aliphatic heterocycles. The molecule has 1 N–H and O–H groups in total. The number of anilines is 1. The summed E-state index contributed by atoms with van der Waals surface area (Å²) in [7, 11) is 0. The summed E-state index contributed by atoms with van der Waals surface area (Å²) in [6, 6.07) is 9.16. The van der Waals surface area contributed by atoms with E-state index in [4.69, 9.17) is 0 Å². The Hall–Kier alpha value is -2.04. The van der Waals surface area contributed by atoms with Crippen LogP contribution in [0.5, 0.6) is 0 Å². The molecule has 2 rings (SSSR count). The highest BCUT2D eigenvalue weighted by Gasteiger charge is 2.49. The van der Waals surface area contributed by atoms with Gasteiger partial charge in [0.2, 0.25) is 0 Å². The third-order valence-electron chi connectivity index (χ3n) is 4.32. The van der Waals surface area contributed by atoms with Crippen molar-refractivity contribution < 1.29 is 14.7 Å². The number of aliphatic carboxylic acids is 1. The molecule has 0 spiro atoms. The lowest BCUT2D eigenvalue weighted by Crippen LogP contribution is -2.56. The maximum atomic E-state index is 12.8. The lowest BCUT2D eigenvalue weighted by molar-refractivity contribution is -0.148. The summed E-state index contributed by atoms with van der Waals surface area (Å²) in [5, 5.41) is 9.60. The Morgan fingerprint density at radius 2 is 1.95 bits per heavy atom. The monoisotopic (exact) mass is 290 g/mol. The smallest absolute Gasteiger partial charge is 0.329 e. The maximum absolute atomic E-state index is 12.8. The fraction of sp³-hybridized carbons (Fsp3) is 0.500. The van der Waals surface area contributed by atoms with Gasteiger partial charge in [0.05, 0.1) is 0 Å². The molecule has 5 nitrogen and oxygen atoms in total. The number of carbonyl (C=O) groups is 2. The molecular formula is C16H22N2O3. The first-order chi connectivity index (χ1) is 10.1. The van der Waals surface area contributed by atoms with Crippen LogP contribution in [-0.4, -0.2) is 40.6 Å². The lowest BCUT2D eigenvalue weighted by atomic mass is 9.93. The topological polar surface area (TPSA) is 60.9 Å². The fourth-order valence-electron chi connectivity index (χ4n) is 3.08. The van der Waals surface area contributed by atoms with Crippen LogP contribution < -0.4 is 4.90 Å². The predicted molar refractivity (Wildman–Crippen MR) is 81.5 cm³/mol. The first-order valence-electron chi connectivity index (χ1n) is 7.44. The molecule has 5 heteroatoms. The second-order valence-electron chi connectivity index (χ2n) is 5.31. The zero-order chi connectivity index (χ0) is 15.5. The van der Waals surface area contributed by atoms with Crippen LogP contribution in [0.3, 0.4) is 0 Å². The van der Waals surface area contributed by atoms with E-state index in [-0.39, 0.29) is 6.03 Å². The summed E-state index contributed by atoms with van der Waals surface area (Å²) >= 11 is 0. The summed E-state index contributed by atoms with van der Waals surface area (Å²) < 4.78 is 0. The van der Waals surface area contributed by atoms with Crippen molar-refractivity contribution in [1.82, 2.24) is 4.90 Å². The van der Waals surface area contributed by atoms with Crippen LogP contribution in [0.15, 0.2) is 30.3 Å². The molecule has 1 heterocycles. The van der Waals surface area contributed by atoms with Gasteiger partial charge in [-0.05, 0) is 38.3 Å². The summed E-state index contributed by atoms with van der Waals surface area (Å²) in [6.07, 6.45) is 1.69. The SMILES string of the molecule is CCN(C(=O)N1CCCC1(CC)C(=O)O)c1ccccc1. The third-order valence-corrected chi connectivity index (χ3v) is 4.32. The fourth-order valence-corrected chi connectivity index (χ4v) is 3.08. The van der Waals surface area contributed by atoms with E-state index in [1.807, 2.05) is 44.2 Å². The Morgan fingerprint density at radius 1 is 1.29 bits per heavy atom. The van der Waals surface area contributed by atoms with Crippen molar-refractivity contribution in [3.63, 3.8) is 0 Å². The van der Waals surface area contributed by atoms with E-state index in [1.54, 1.807) is 4.90 Å². The molecule has 0 bridgehead atoms. The van der Waals surface area contributed by atoms with Crippen LogP contribution in [-0.2, 0) is 4.79 Å². The first kappa shape index (κ1) is 15.4. The number of urea groups is 1. The van der Waals surface area contributed by atoms with E-state index in [0.29, 0.717) is 25.9 Å². The summed E-state index contributed by atoms with van der Waals surface area (Å²) in [6.45, 7) is 4.74. The zero-order valence-corrected chi connectivity index (χ0v) is 12.6. The molecule has 0 aliphatic carbocycles. The Morgan fingerprint density at radius 3 is 2.48 bits per heavy atom. The molecule has 21 heavy (non-hydrogen) atoms. The van der Waals surface area contributed by atoms with E-state index in [9.17, 15) is 14.7 Å². The van der Waals surface area contributed by atoms with E-state index < -0.39 is 11.5 Å². The van der Waals surface area contributed by atoms with Crippen molar-refractivity contribution in [2.24, 2.45) is 0 Å². The number of amides is 2. The van der Waals surface area contributed by atoms with Crippen molar-refractivity contribution >= 4 is 17.7 Å². The molecule has 0 radical (unpaired) electrons. The Labute approximate surface area is 125 Å². The highest BCUT2D eigenvalue weighted by molar-refractivity contribution is 5.96. The summed E-state index contributed by atoms with van der Waals surface area (Å²) in [4.78, 5) is 27.7. The number of hydrogen-bond acceptors (Lipinski definition) is 2. The Balaban J connectivity index is 2.31. The number of rotatable bonds is 4. The Bertz CT molecular complexity index is 518. The van der Waals surface area contributed by atoms with Crippen molar-refractivity contribution in [1.29, 1.82) is 0 Å². The molecule has 1 fully saturated rings. The quantitative estimate of drug-likeness (QED) is 0.927. The zero-order valence-electron chi connectivity index (χ0n) is 12.6. The third kappa shape index (κ3) is 2.60. The van der Waals surface area contributed by atoms with Gasteiger partial charge in [-0.2, -0.15) is 0 Å². The first-order valence-corrected chi connectivity index (χ1v) is 7.44. The lowest BCUT2D eigenvalue weighted by Gasteiger charge is -2.37. The minimum Gasteiger partial charge on any atom is -0.479 e. The molecule has 2 amide bonds. The second kappa shape index (κ2) is 6.16. The summed E-state index contributed by atoms with van der Waals surface area (Å²) in [5.74, 6) is -0.903. The van der Waals surface area contributed by atoms with Gasteiger partial charge in [-0.25, -0.2) is 9.59 Å². The normalized spacial score (nSPS) is 21.3. The molecule has 0 saturated carbocycles. The van der Waals surface area contributed by atoms with Gasteiger partial charge in [-0.15, -0.1) is 0 Å². The van der Waals surface area contributed by atoms with Gasteiger partial charge in [-0.3, -0.25) is 4.90 Å². The average Bonchev–Trinajstić information content (AvgIpc) is 2.94. The van der Waals surface area contributed by atoms with E-state index in [0.717, 1.165) is 12.1 Å². The second-order valence-corrected chi connectivity index (χ2v) is 5.31. The molecule has 1 aromatic rings. The number of hydrogen-bond donors (Lipinski definition) is 1. The average molecular weight is 290 g/mol. The molecule has 1 aromatic carbocycles. The minimum atomic E-state index is -1.06. The van der Waals surface area contributed by atoms with Crippen molar-refractivity contribution in [2.75, 3.05) is 18.0 Å². The van der Waals surface area contributed by atoms with Crippen LogP contribution in [0.25, 0.3) is 0 Å². The minimum absolute atomic E-state index is 0.217. The van der Waals surface area contributed by atoms with Gasteiger partial charge in [-0.1, -0.05) is 25.1 Å². The van der Waals surface area contributed by atoms with Crippen LogP contribution in [0.4, 0.5) is 10.5 Å². The Kier molecular flexibility index (Phi) is 4.50. The van der Waals surface area contributed by atoms with Crippen LogP contribution in [0.1, 0.15) is 33.1 Å². The number of para-hydroxylation sites is 1. The molecule has 1 saturated heterocycles. The highest BCUT2D eigenvalue weighted by Crippen LogP contribution is 2.34. The summed E-state index contributed by atoms with van der Waals surface area (Å²) in [5.41, 5.74) is -0.258. The maximum Gasteiger partial charge on any atom is 0.329 e. The van der Waals surface area contributed by atoms with Gasteiger partial charge >= 0.3 is 12.0 Å². The van der Waals surface area contributed by atoms with Crippen molar-refractivity contribution in [2.45, 2.75) is 38.6 Å². The molecule has 1 aliphatic rings. The molecule has 0 aromatic heterocycles. The largest absolute Gasteiger partial charge is 0.479 e. The van der Waals surface area contributed by atoms with Crippen LogP contribution in [0, 0.1) is 0 Å². The number of likely N-dealkylation sites (tertiary alicyclic amines) is 1. The van der Waals surface area contributed by atoms with Gasteiger partial charge in [0.15, 0.2) is 0 Å². The van der Waals surface area contributed by atoms with E-state index in [2.05, 4.69) is 0 Å².